The zero-order chi connectivity index (χ0) is 19.8. The van der Waals surface area contributed by atoms with Gasteiger partial charge >= 0.3 is 12.1 Å². The maximum Gasteiger partial charge on any atom is 0.414 e. The molecule has 2 fully saturated rings. The lowest BCUT2D eigenvalue weighted by molar-refractivity contribution is 0.175. The first kappa shape index (κ1) is 18.0. The van der Waals surface area contributed by atoms with Crippen LogP contribution in [0, 0.1) is 0 Å². The summed E-state index contributed by atoms with van der Waals surface area (Å²) in [6.45, 7) is 0.926. The Kier molecular flexibility index (Phi) is 4.62. The van der Waals surface area contributed by atoms with E-state index in [0.29, 0.717) is 24.9 Å². The average Bonchev–Trinajstić information content (AvgIpc) is 3.47. The third-order valence-electron chi connectivity index (χ3n) is 6.02. The van der Waals surface area contributed by atoms with Crippen LogP contribution in [0.4, 0.5) is 21.0 Å². The minimum Gasteiger partial charge on any atom is -0.447 e. The topological polar surface area (TPSA) is 61.9 Å². The van der Waals surface area contributed by atoms with E-state index in [0.717, 1.165) is 37.8 Å². The predicted molar refractivity (Wildman–Crippen MR) is 111 cm³/mol. The molecule has 2 aliphatic carbocycles. The predicted octanol–water partition coefficient (Wildman–Crippen LogP) is 4.72. The highest BCUT2D eigenvalue weighted by Crippen LogP contribution is 2.41. The van der Waals surface area contributed by atoms with Crippen LogP contribution in [0.5, 0.6) is 0 Å². The van der Waals surface area contributed by atoms with E-state index in [9.17, 15) is 9.59 Å². The van der Waals surface area contributed by atoms with Crippen molar-refractivity contribution in [1.29, 1.82) is 0 Å². The third kappa shape index (κ3) is 3.55. The number of aryl methyl sites for hydroxylation is 1. The van der Waals surface area contributed by atoms with Crippen LogP contribution in [0.25, 0.3) is 0 Å². The standard InChI is InChI=1S/C23H25N3O3/c27-22(24-17-7-4-8-19(15-17)25-13-14-29-23(25)28)26(18-11-12-18)21-10-3-6-16-5-1-2-9-20(16)21/h1-2,4-5,7-9,15,18,21H,3,6,10-14H2,(H,24,27)/t21-/m1/s1. The number of carbonyl (C=O) groups excluding carboxylic acids is 2. The second-order valence-electron chi connectivity index (χ2n) is 7.99. The van der Waals surface area contributed by atoms with Gasteiger partial charge in [-0.3, -0.25) is 4.90 Å². The Labute approximate surface area is 170 Å². The molecule has 1 aliphatic heterocycles. The van der Waals surface area contributed by atoms with Gasteiger partial charge in [0.15, 0.2) is 0 Å². The van der Waals surface area contributed by atoms with Crippen LogP contribution in [0.15, 0.2) is 48.5 Å². The molecule has 3 amide bonds. The van der Waals surface area contributed by atoms with Crippen molar-refractivity contribution in [1.82, 2.24) is 4.90 Å². The summed E-state index contributed by atoms with van der Waals surface area (Å²) in [4.78, 5) is 28.8. The molecular formula is C23H25N3O3. The van der Waals surface area contributed by atoms with Crippen molar-refractivity contribution < 1.29 is 14.3 Å². The number of hydrogen-bond acceptors (Lipinski definition) is 3. The normalized spacial score (nSPS) is 20.8. The van der Waals surface area contributed by atoms with Crippen LogP contribution < -0.4 is 10.2 Å². The molecule has 1 atom stereocenters. The van der Waals surface area contributed by atoms with Crippen molar-refractivity contribution in [3.05, 3.63) is 59.7 Å². The highest BCUT2D eigenvalue weighted by Gasteiger charge is 2.39. The van der Waals surface area contributed by atoms with E-state index in [-0.39, 0.29) is 18.2 Å². The maximum absolute atomic E-state index is 13.3. The molecule has 1 N–H and O–H groups in total. The Balaban J connectivity index is 1.38. The van der Waals surface area contributed by atoms with E-state index in [1.54, 1.807) is 4.90 Å². The van der Waals surface area contributed by atoms with E-state index in [4.69, 9.17) is 4.74 Å². The number of hydrogen-bond donors (Lipinski definition) is 1. The molecule has 1 saturated heterocycles. The molecule has 0 spiro atoms. The molecule has 0 aromatic heterocycles. The van der Waals surface area contributed by atoms with Crippen LogP contribution in [0.3, 0.4) is 0 Å². The molecule has 29 heavy (non-hydrogen) atoms. The highest BCUT2D eigenvalue weighted by molar-refractivity contribution is 5.93. The van der Waals surface area contributed by atoms with Gasteiger partial charge in [0, 0.05) is 17.4 Å². The quantitative estimate of drug-likeness (QED) is 0.820. The second kappa shape index (κ2) is 7.43. The zero-order valence-corrected chi connectivity index (χ0v) is 16.3. The molecule has 0 bridgehead atoms. The highest BCUT2D eigenvalue weighted by atomic mass is 16.6. The van der Waals surface area contributed by atoms with E-state index in [1.165, 1.54) is 11.1 Å². The van der Waals surface area contributed by atoms with E-state index >= 15 is 0 Å². The number of nitrogens with one attached hydrogen (secondary N) is 1. The minimum atomic E-state index is -0.341. The summed E-state index contributed by atoms with van der Waals surface area (Å²) in [5.74, 6) is 0. The number of anilines is 2. The first-order chi connectivity index (χ1) is 14.2. The molecule has 6 nitrogen and oxygen atoms in total. The molecule has 150 valence electrons. The molecular weight excluding hydrogens is 366 g/mol. The Bertz CT molecular complexity index is 940. The summed E-state index contributed by atoms with van der Waals surface area (Å²) >= 11 is 0. The van der Waals surface area contributed by atoms with Crippen LogP contribution in [0.2, 0.25) is 0 Å². The van der Waals surface area contributed by atoms with Gasteiger partial charge in [-0.1, -0.05) is 30.3 Å². The lowest BCUT2D eigenvalue weighted by Gasteiger charge is -2.36. The van der Waals surface area contributed by atoms with E-state index < -0.39 is 0 Å². The number of cyclic esters (lactones) is 1. The smallest absolute Gasteiger partial charge is 0.414 e. The van der Waals surface area contributed by atoms with Gasteiger partial charge in [-0.15, -0.1) is 0 Å². The van der Waals surface area contributed by atoms with Crippen molar-refractivity contribution in [2.24, 2.45) is 0 Å². The molecule has 1 saturated carbocycles. The molecule has 3 aliphatic rings. The SMILES string of the molecule is O=C1OCCN1c1cccc(NC(=O)N(C2CC2)[C@@H]2CCCc3ccccc32)c1. The number of ether oxygens (including phenoxy) is 1. The first-order valence-electron chi connectivity index (χ1n) is 10.4. The lowest BCUT2D eigenvalue weighted by Crippen LogP contribution is -2.41. The van der Waals surface area contributed by atoms with Gasteiger partial charge in [-0.25, -0.2) is 9.59 Å². The number of carbonyl (C=O) groups is 2. The molecule has 2 aromatic carbocycles. The monoisotopic (exact) mass is 391 g/mol. The zero-order valence-electron chi connectivity index (χ0n) is 16.3. The molecule has 0 unspecified atom stereocenters. The second-order valence-corrected chi connectivity index (χ2v) is 7.99. The van der Waals surface area contributed by atoms with Crippen molar-refractivity contribution in [3.63, 3.8) is 0 Å². The fourth-order valence-electron chi connectivity index (χ4n) is 4.50. The number of nitrogens with zero attached hydrogens (tertiary/aromatic N) is 2. The summed E-state index contributed by atoms with van der Waals surface area (Å²) in [6, 6.07) is 16.3. The summed E-state index contributed by atoms with van der Waals surface area (Å²) in [5, 5.41) is 3.08. The number of amides is 3. The lowest BCUT2D eigenvalue weighted by atomic mass is 9.87. The Morgan fingerprint density at radius 3 is 2.76 bits per heavy atom. The van der Waals surface area contributed by atoms with Crippen LogP contribution in [-0.4, -0.2) is 36.2 Å². The fourth-order valence-corrected chi connectivity index (χ4v) is 4.50. The van der Waals surface area contributed by atoms with Gasteiger partial charge in [0.2, 0.25) is 0 Å². The number of fused-ring (bicyclic) bond motifs is 1. The molecule has 5 rings (SSSR count). The Morgan fingerprint density at radius 2 is 1.97 bits per heavy atom. The average molecular weight is 391 g/mol. The Morgan fingerprint density at radius 1 is 1.10 bits per heavy atom. The first-order valence-corrected chi connectivity index (χ1v) is 10.4. The van der Waals surface area contributed by atoms with E-state index in [1.807, 2.05) is 24.3 Å². The van der Waals surface area contributed by atoms with Gasteiger partial charge in [-0.2, -0.15) is 0 Å². The summed E-state index contributed by atoms with van der Waals surface area (Å²) < 4.78 is 5.02. The molecule has 0 radical (unpaired) electrons. The summed E-state index contributed by atoms with van der Waals surface area (Å²) in [7, 11) is 0. The van der Waals surface area contributed by atoms with Crippen molar-refractivity contribution in [3.8, 4) is 0 Å². The largest absolute Gasteiger partial charge is 0.447 e. The molecule has 6 heteroatoms. The van der Waals surface area contributed by atoms with Gasteiger partial charge in [0.05, 0.1) is 12.6 Å². The minimum absolute atomic E-state index is 0.0599. The maximum atomic E-state index is 13.3. The van der Waals surface area contributed by atoms with Gasteiger partial charge in [0.1, 0.15) is 6.61 Å². The molecule has 2 aromatic rings. The number of rotatable bonds is 4. The fraction of sp³-hybridized carbons (Fsp3) is 0.391. The van der Waals surface area contributed by atoms with Crippen LogP contribution in [0.1, 0.15) is 42.9 Å². The number of benzene rings is 2. The van der Waals surface area contributed by atoms with Gasteiger partial charge < -0.3 is 15.0 Å². The third-order valence-corrected chi connectivity index (χ3v) is 6.02. The van der Waals surface area contributed by atoms with E-state index in [2.05, 4.69) is 34.5 Å². The van der Waals surface area contributed by atoms with Crippen LogP contribution in [-0.2, 0) is 11.2 Å². The molecule has 1 heterocycles. The number of urea groups is 1. The Hall–Kier alpha value is -3.02. The van der Waals surface area contributed by atoms with Crippen molar-refractivity contribution in [2.45, 2.75) is 44.2 Å². The van der Waals surface area contributed by atoms with Gasteiger partial charge in [0.25, 0.3) is 0 Å². The van der Waals surface area contributed by atoms with Crippen molar-refractivity contribution in [2.75, 3.05) is 23.4 Å². The summed E-state index contributed by atoms with van der Waals surface area (Å²) in [6.07, 6.45) is 4.97. The van der Waals surface area contributed by atoms with Crippen molar-refractivity contribution >= 4 is 23.5 Å². The van der Waals surface area contributed by atoms with Crippen LogP contribution >= 0.6 is 0 Å². The van der Waals surface area contributed by atoms with Gasteiger partial charge in [-0.05, 0) is 61.4 Å². The summed E-state index contributed by atoms with van der Waals surface area (Å²) in [5.41, 5.74) is 4.08.